The molecule has 1 fully saturated rings. The molecule has 2 aromatic heterocycles. The quantitative estimate of drug-likeness (QED) is 0.351. The zero-order valence-corrected chi connectivity index (χ0v) is 20.4. The van der Waals surface area contributed by atoms with Gasteiger partial charge >= 0.3 is 0 Å². The fourth-order valence-electron chi connectivity index (χ4n) is 4.13. The normalized spacial score (nSPS) is 14.8. The Morgan fingerprint density at radius 2 is 1.77 bits per heavy atom. The minimum atomic E-state index is -0.630. The van der Waals surface area contributed by atoms with Crippen LogP contribution < -0.4 is 10.1 Å². The Bertz CT molecular complexity index is 1230. The third kappa shape index (κ3) is 6.48. The number of anilines is 2. The minimum Gasteiger partial charge on any atom is -0.616 e. The molecule has 0 atom stereocenters. The van der Waals surface area contributed by atoms with Crippen molar-refractivity contribution < 1.29 is 9.29 Å². The van der Waals surface area contributed by atoms with E-state index in [1.165, 1.54) is 0 Å². The molecule has 0 radical (unpaired) electrons. The van der Waals surface area contributed by atoms with Gasteiger partial charge in [0.1, 0.15) is 36.0 Å². The van der Waals surface area contributed by atoms with Gasteiger partial charge in [-0.25, -0.2) is 9.97 Å². The van der Waals surface area contributed by atoms with Crippen molar-refractivity contribution >= 4 is 33.6 Å². The molecule has 3 heterocycles. The van der Waals surface area contributed by atoms with Crippen LogP contribution in [-0.2, 0) is 24.2 Å². The second-order valence-electron chi connectivity index (χ2n) is 8.63. The molecule has 35 heavy (non-hydrogen) atoms. The summed E-state index contributed by atoms with van der Waals surface area (Å²) in [5.74, 6) is 3.16. The summed E-state index contributed by atoms with van der Waals surface area (Å²) in [7, 11) is 0. The molecular formula is C27H29N5O2S. The Balaban J connectivity index is 1.21. The van der Waals surface area contributed by atoms with Gasteiger partial charge in [-0.15, -0.1) is 0 Å². The van der Waals surface area contributed by atoms with Gasteiger partial charge in [-0.1, -0.05) is 41.5 Å². The van der Waals surface area contributed by atoms with Crippen LogP contribution in [-0.4, -0.2) is 55.5 Å². The molecule has 1 saturated heterocycles. The predicted molar refractivity (Wildman–Crippen MR) is 140 cm³/mol. The highest BCUT2D eigenvalue weighted by atomic mass is 32.2. The van der Waals surface area contributed by atoms with Gasteiger partial charge in [0.15, 0.2) is 0 Å². The van der Waals surface area contributed by atoms with E-state index >= 15 is 0 Å². The molecular weight excluding hydrogens is 458 g/mol. The molecule has 2 aromatic carbocycles. The van der Waals surface area contributed by atoms with Crippen molar-refractivity contribution in [3.05, 3.63) is 84.4 Å². The lowest BCUT2D eigenvalue weighted by molar-refractivity contribution is 0.291. The van der Waals surface area contributed by atoms with Gasteiger partial charge in [0.05, 0.1) is 11.7 Å². The highest BCUT2D eigenvalue weighted by Gasteiger charge is 2.18. The topological polar surface area (TPSA) is 86.2 Å². The molecule has 1 N–H and O–H groups in total. The van der Waals surface area contributed by atoms with E-state index in [0.717, 1.165) is 83.4 Å². The summed E-state index contributed by atoms with van der Waals surface area (Å²) >= 11 is -0.630. The van der Waals surface area contributed by atoms with E-state index in [1.54, 1.807) is 6.33 Å². The Kier molecular flexibility index (Phi) is 7.72. The molecule has 0 spiro atoms. The first-order valence-electron chi connectivity index (χ1n) is 11.9. The van der Waals surface area contributed by atoms with Gasteiger partial charge in [0, 0.05) is 29.9 Å². The molecule has 0 unspecified atom stereocenters. The van der Waals surface area contributed by atoms with Crippen LogP contribution in [0, 0.1) is 0 Å². The first kappa shape index (κ1) is 23.5. The largest absolute Gasteiger partial charge is 0.616 e. The molecule has 180 valence electrons. The molecule has 0 aliphatic carbocycles. The zero-order valence-electron chi connectivity index (χ0n) is 19.6. The van der Waals surface area contributed by atoms with Crippen LogP contribution in [0.15, 0.2) is 73.2 Å². The Labute approximate surface area is 208 Å². The van der Waals surface area contributed by atoms with E-state index in [1.807, 2.05) is 48.7 Å². The Morgan fingerprint density at radius 3 is 2.57 bits per heavy atom. The first-order valence-corrected chi connectivity index (χ1v) is 13.4. The maximum absolute atomic E-state index is 11.5. The summed E-state index contributed by atoms with van der Waals surface area (Å²) in [6.07, 6.45) is 5.29. The second-order valence-corrected chi connectivity index (χ2v) is 10.3. The number of benzene rings is 2. The number of aromatic nitrogens is 3. The summed E-state index contributed by atoms with van der Waals surface area (Å²) in [4.78, 5) is 15.9. The van der Waals surface area contributed by atoms with E-state index in [-0.39, 0.29) is 0 Å². The number of nitrogens with zero attached hydrogens (tertiary/aromatic N) is 4. The summed E-state index contributed by atoms with van der Waals surface area (Å²) < 4.78 is 17.4. The average molecular weight is 488 g/mol. The van der Waals surface area contributed by atoms with E-state index in [0.29, 0.717) is 6.61 Å². The molecule has 0 saturated carbocycles. The van der Waals surface area contributed by atoms with E-state index < -0.39 is 11.2 Å². The van der Waals surface area contributed by atoms with Crippen molar-refractivity contribution in [1.29, 1.82) is 0 Å². The molecule has 1 aliphatic rings. The lowest BCUT2D eigenvalue weighted by Crippen LogP contribution is -2.40. The number of pyridine rings is 1. The van der Waals surface area contributed by atoms with Crippen LogP contribution in [0.25, 0.3) is 10.9 Å². The first-order chi connectivity index (χ1) is 17.2. The number of aryl methyl sites for hydroxylation is 1. The van der Waals surface area contributed by atoms with Gasteiger partial charge in [-0.2, -0.15) is 0 Å². The molecule has 0 bridgehead atoms. The maximum Gasteiger partial charge on any atom is 0.141 e. The van der Waals surface area contributed by atoms with E-state index in [4.69, 9.17) is 4.74 Å². The van der Waals surface area contributed by atoms with Gasteiger partial charge in [-0.3, -0.25) is 9.88 Å². The number of ether oxygens (including phenoxy) is 1. The van der Waals surface area contributed by atoms with Crippen LogP contribution in [0.4, 0.5) is 11.5 Å². The Hall–Kier alpha value is -3.20. The van der Waals surface area contributed by atoms with E-state index in [2.05, 4.69) is 43.4 Å². The number of hydrogen-bond donors (Lipinski definition) is 1. The van der Waals surface area contributed by atoms with Crippen LogP contribution in [0.5, 0.6) is 5.75 Å². The van der Waals surface area contributed by atoms with Crippen LogP contribution in [0.1, 0.15) is 17.7 Å². The third-order valence-corrected chi connectivity index (χ3v) is 7.40. The van der Waals surface area contributed by atoms with Crippen LogP contribution >= 0.6 is 0 Å². The predicted octanol–water partition coefficient (Wildman–Crippen LogP) is 4.34. The number of hydrogen-bond acceptors (Lipinski definition) is 7. The van der Waals surface area contributed by atoms with Crippen molar-refractivity contribution in [3.8, 4) is 5.75 Å². The van der Waals surface area contributed by atoms with Crippen LogP contribution in [0.2, 0.25) is 0 Å². The van der Waals surface area contributed by atoms with Gasteiger partial charge in [0.25, 0.3) is 0 Å². The molecule has 7 nitrogen and oxygen atoms in total. The van der Waals surface area contributed by atoms with E-state index in [9.17, 15) is 4.55 Å². The highest BCUT2D eigenvalue weighted by Crippen LogP contribution is 2.25. The van der Waals surface area contributed by atoms with Crippen molar-refractivity contribution in [1.82, 2.24) is 19.9 Å². The number of nitrogens with one attached hydrogen (secondary N) is 1. The summed E-state index contributed by atoms with van der Waals surface area (Å²) in [5, 5.41) is 4.37. The Morgan fingerprint density at radius 1 is 0.971 bits per heavy atom. The molecule has 4 aromatic rings. The highest BCUT2D eigenvalue weighted by molar-refractivity contribution is 7.91. The average Bonchev–Trinajstić information content (AvgIpc) is 2.90. The second kappa shape index (κ2) is 11.5. The lowest BCUT2D eigenvalue weighted by Gasteiger charge is -2.27. The molecule has 1 aliphatic heterocycles. The lowest BCUT2D eigenvalue weighted by atomic mass is 10.1. The third-order valence-electron chi connectivity index (χ3n) is 6.12. The summed E-state index contributed by atoms with van der Waals surface area (Å²) in [5.41, 5.74) is 3.91. The number of fused-ring (bicyclic) bond motifs is 1. The van der Waals surface area contributed by atoms with Crippen molar-refractivity contribution in [3.63, 3.8) is 0 Å². The maximum atomic E-state index is 11.5. The van der Waals surface area contributed by atoms with Gasteiger partial charge in [0.2, 0.25) is 0 Å². The number of rotatable bonds is 9. The fraction of sp³-hybridized carbons (Fsp3) is 0.296. The minimum absolute atomic E-state index is 0.539. The van der Waals surface area contributed by atoms with Gasteiger partial charge < -0.3 is 14.6 Å². The van der Waals surface area contributed by atoms with Crippen LogP contribution in [0.3, 0.4) is 0 Å². The van der Waals surface area contributed by atoms with Crippen molar-refractivity contribution in [2.24, 2.45) is 0 Å². The molecule has 5 rings (SSSR count). The van der Waals surface area contributed by atoms with Crippen molar-refractivity contribution in [2.75, 3.05) is 36.5 Å². The smallest absolute Gasteiger partial charge is 0.141 e. The fourth-order valence-corrected chi connectivity index (χ4v) is 5.26. The van der Waals surface area contributed by atoms with Gasteiger partial charge in [-0.05, 0) is 55.3 Å². The summed E-state index contributed by atoms with van der Waals surface area (Å²) in [6.45, 7) is 3.40. The zero-order chi connectivity index (χ0) is 23.9. The molecule has 8 heteroatoms. The SMILES string of the molecule is [O-][S+]1CCN(CCCc2cc3c(Nc4ccc(OCc5ccccc5)cc4)ncnc3cn2)CC1. The summed E-state index contributed by atoms with van der Waals surface area (Å²) in [6, 6.07) is 20.1. The van der Waals surface area contributed by atoms with Crippen molar-refractivity contribution in [2.45, 2.75) is 19.4 Å². The monoisotopic (exact) mass is 487 g/mol. The standard InChI is InChI=1S/C27H29N5O2S/c33-35-15-13-32(14-16-35)12-4-7-23-17-25-26(18-28-23)29-20-30-27(25)31-22-8-10-24(11-9-22)34-19-21-5-2-1-3-6-21/h1-3,5-6,8-11,17-18,20H,4,7,12-16,19H2,(H,29,30,31). The molecule has 0 amide bonds.